The molecule has 0 bridgehead atoms. The molecule has 1 unspecified atom stereocenters. The monoisotopic (exact) mass is 259 g/mol. The van der Waals surface area contributed by atoms with Crippen molar-refractivity contribution in [3.05, 3.63) is 12.7 Å². The zero-order chi connectivity index (χ0) is 14.0. The fourth-order valence-corrected chi connectivity index (χ4v) is 1.31. The summed E-state index contributed by atoms with van der Waals surface area (Å²) in [4.78, 5) is 22.6. The molecule has 0 spiro atoms. The molecule has 0 aliphatic rings. The van der Waals surface area contributed by atoms with Crippen LogP contribution in [0.4, 0.5) is 0 Å². The summed E-state index contributed by atoms with van der Waals surface area (Å²) in [7, 11) is 1.39. The molecule has 0 saturated heterocycles. The van der Waals surface area contributed by atoms with Crippen LogP contribution in [0, 0.1) is 0 Å². The number of aliphatic carboxylic acids is 1. The van der Waals surface area contributed by atoms with Crippen molar-refractivity contribution in [2.75, 3.05) is 26.9 Å². The van der Waals surface area contributed by atoms with Crippen LogP contribution in [0.3, 0.4) is 0 Å². The van der Waals surface area contributed by atoms with Crippen LogP contribution in [0.1, 0.15) is 19.8 Å². The van der Waals surface area contributed by atoms with Crippen LogP contribution in [0.2, 0.25) is 0 Å². The molecule has 0 aromatic heterocycles. The molecule has 0 saturated carbocycles. The van der Waals surface area contributed by atoms with Gasteiger partial charge in [0.15, 0.2) is 5.54 Å². The molecule has 0 aromatic carbocycles. The topological polar surface area (TPSA) is 84.9 Å². The number of carboxylic acids is 1. The number of rotatable bonds is 10. The van der Waals surface area contributed by atoms with Gasteiger partial charge >= 0.3 is 5.97 Å². The first kappa shape index (κ1) is 16.6. The predicted octanol–water partition coefficient (Wildman–Crippen LogP) is 0.575. The number of hydrogen-bond acceptors (Lipinski definition) is 4. The van der Waals surface area contributed by atoms with Crippen molar-refractivity contribution < 1.29 is 24.2 Å². The van der Waals surface area contributed by atoms with Gasteiger partial charge in [-0.15, -0.1) is 6.58 Å². The highest BCUT2D eigenvalue weighted by atomic mass is 16.5. The summed E-state index contributed by atoms with van der Waals surface area (Å²) in [5, 5.41) is 11.5. The van der Waals surface area contributed by atoms with Crippen molar-refractivity contribution in [3.63, 3.8) is 0 Å². The molecule has 0 heterocycles. The Balaban J connectivity index is 4.03. The Labute approximate surface area is 107 Å². The number of carbonyl (C=O) groups is 2. The predicted molar refractivity (Wildman–Crippen MR) is 66.3 cm³/mol. The third-order valence-corrected chi connectivity index (χ3v) is 2.25. The van der Waals surface area contributed by atoms with Crippen LogP contribution in [0.25, 0.3) is 0 Å². The molecule has 104 valence electrons. The smallest absolute Gasteiger partial charge is 0.331 e. The van der Waals surface area contributed by atoms with Crippen molar-refractivity contribution in [1.82, 2.24) is 5.32 Å². The molecule has 0 aromatic rings. The molecular weight excluding hydrogens is 238 g/mol. The summed E-state index contributed by atoms with van der Waals surface area (Å²) in [5.74, 6) is -1.46. The molecular formula is C12H21NO5. The van der Waals surface area contributed by atoms with E-state index < -0.39 is 11.5 Å². The molecule has 18 heavy (non-hydrogen) atoms. The summed E-state index contributed by atoms with van der Waals surface area (Å²) in [6, 6.07) is 0. The second-order valence-corrected chi connectivity index (χ2v) is 4.09. The minimum Gasteiger partial charge on any atom is -0.479 e. The number of nitrogens with one attached hydrogen (secondary N) is 1. The van der Waals surface area contributed by atoms with Gasteiger partial charge in [-0.2, -0.15) is 0 Å². The van der Waals surface area contributed by atoms with Crippen molar-refractivity contribution in [2.24, 2.45) is 0 Å². The molecule has 0 aliphatic carbocycles. The second-order valence-electron chi connectivity index (χ2n) is 4.09. The number of hydrogen-bond donors (Lipinski definition) is 2. The molecule has 6 nitrogen and oxygen atoms in total. The minimum atomic E-state index is -1.40. The molecule has 0 aliphatic heterocycles. The number of ether oxygens (including phenoxy) is 2. The van der Waals surface area contributed by atoms with E-state index >= 15 is 0 Å². The normalized spacial score (nSPS) is 13.7. The van der Waals surface area contributed by atoms with Crippen LogP contribution in [0.15, 0.2) is 12.7 Å². The highest BCUT2D eigenvalue weighted by molar-refractivity contribution is 5.86. The van der Waals surface area contributed by atoms with E-state index in [0.29, 0.717) is 19.6 Å². The first-order valence-corrected chi connectivity index (χ1v) is 5.68. The molecule has 6 heteroatoms. The summed E-state index contributed by atoms with van der Waals surface area (Å²) in [6.07, 6.45) is 2.37. The van der Waals surface area contributed by atoms with Gasteiger partial charge in [-0.3, -0.25) is 4.79 Å². The quantitative estimate of drug-likeness (QED) is 0.442. The Morgan fingerprint density at radius 2 is 2.17 bits per heavy atom. The zero-order valence-corrected chi connectivity index (χ0v) is 10.9. The van der Waals surface area contributed by atoms with E-state index in [1.54, 1.807) is 6.08 Å². The van der Waals surface area contributed by atoms with Gasteiger partial charge < -0.3 is 19.9 Å². The average Bonchev–Trinajstić information content (AvgIpc) is 2.28. The van der Waals surface area contributed by atoms with E-state index in [1.807, 2.05) is 0 Å². The molecule has 1 atom stereocenters. The van der Waals surface area contributed by atoms with Crippen LogP contribution in [-0.2, 0) is 19.1 Å². The Kier molecular flexibility index (Phi) is 7.98. The van der Waals surface area contributed by atoms with Crippen LogP contribution in [0.5, 0.6) is 0 Å². The SMILES string of the molecule is C=CCOCCCC(=O)NC(C)(COC)C(=O)O. The Hall–Kier alpha value is -1.40. The third-order valence-electron chi connectivity index (χ3n) is 2.25. The lowest BCUT2D eigenvalue weighted by Crippen LogP contribution is -2.55. The van der Waals surface area contributed by atoms with Crippen LogP contribution >= 0.6 is 0 Å². The highest BCUT2D eigenvalue weighted by Crippen LogP contribution is 2.05. The molecule has 0 rings (SSSR count). The maximum atomic E-state index is 11.6. The van der Waals surface area contributed by atoms with Gasteiger partial charge in [0.05, 0.1) is 13.2 Å². The van der Waals surface area contributed by atoms with Crippen molar-refractivity contribution in [3.8, 4) is 0 Å². The van der Waals surface area contributed by atoms with Gasteiger partial charge in [-0.05, 0) is 13.3 Å². The summed E-state index contributed by atoms with van der Waals surface area (Å²) < 4.78 is 9.91. The van der Waals surface area contributed by atoms with Crippen molar-refractivity contribution >= 4 is 11.9 Å². The highest BCUT2D eigenvalue weighted by Gasteiger charge is 2.34. The lowest BCUT2D eigenvalue weighted by atomic mass is 10.0. The van der Waals surface area contributed by atoms with Crippen molar-refractivity contribution in [2.45, 2.75) is 25.3 Å². The van der Waals surface area contributed by atoms with Gasteiger partial charge in [-0.1, -0.05) is 6.08 Å². The maximum absolute atomic E-state index is 11.6. The minimum absolute atomic E-state index is 0.0823. The Bertz CT molecular complexity index is 292. The Morgan fingerprint density at radius 3 is 2.67 bits per heavy atom. The number of carboxylic acid groups (broad SMARTS) is 1. The Morgan fingerprint density at radius 1 is 1.50 bits per heavy atom. The first-order valence-electron chi connectivity index (χ1n) is 5.68. The lowest BCUT2D eigenvalue weighted by Gasteiger charge is -2.25. The third kappa shape index (κ3) is 6.36. The van der Waals surface area contributed by atoms with Crippen LogP contribution in [-0.4, -0.2) is 49.5 Å². The van der Waals surface area contributed by atoms with Gasteiger partial charge in [-0.25, -0.2) is 4.79 Å². The van der Waals surface area contributed by atoms with Crippen LogP contribution < -0.4 is 5.32 Å². The van der Waals surface area contributed by atoms with E-state index in [4.69, 9.17) is 14.6 Å². The van der Waals surface area contributed by atoms with E-state index in [0.717, 1.165) is 0 Å². The molecule has 1 amide bonds. The number of methoxy groups -OCH3 is 1. The average molecular weight is 259 g/mol. The lowest BCUT2D eigenvalue weighted by molar-refractivity contribution is -0.149. The first-order chi connectivity index (χ1) is 8.46. The van der Waals surface area contributed by atoms with Crippen molar-refractivity contribution in [1.29, 1.82) is 0 Å². The van der Waals surface area contributed by atoms with Gasteiger partial charge in [0, 0.05) is 20.1 Å². The summed E-state index contributed by atoms with van der Waals surface area (Å²) in [5.41, 5.74) is -1.40. The van der Waals surface area contributed by atoms with Gasteiger partial charge in [0.2, 0.25) is 5.91 Å². The second kappa shape index (κ2) is 8.66. The standard InChI is InChI=1S/C12H21NO5/c1-4-7-18-8-5-6-10(14)13-12(2,9-17-3)11(15)16/h4H,1,5-9H2,2-3H3,(H,13,14)(H,15,16). The number of amides is 1. The van der Waals surface area contributed by atoms with E-state index in [1.165, 1.54) is 14.0 Å². The zero-order valence-electron chi connectivity index (χ0n) is 10.9. The molecule has 2 N–H and O–H groups in total. The van der Waals surface area contributed by atoms with E-state index in [-0.39, 0.29) is 18.9 Å². The summed E-state index contributed by atoms with van der Waals surface area (Å²) in [6.45, 7) is 5.70. The maximum Gasteiger partial charge on any atom is 0.331 e. The van der Waals surface area contributed by atoms with Gasteiger partial charge in [0.25, 0.3) is 0 Å². The molecule has 0 radical (unpaired) electrons. The van der Waals surface area contributed by atoms with E-state index in [9.17, 15) is 9.59 Å². The number of carbonyl (C=O) groups excluding carboxylic acids is 1. The fourth-order valence-electron chi connectivity index (χ4n) is 1.31. The summed E-state index contributed by atoms with van der Waals surface area (Å²) >= 11 is 0. The largest absolute Gasteiger partial charge is 0.479 e. The fraction of sp³-hybridized carbons (Fsp3) is 0.667. The molecule has 0 fully saturated rings. The van der Waals surface area contributed by atoms with Gasteiger partial charge in [0.1, 0.15) is 0 Å². The van der Waals surface area contributed by atoms with E-state index in [2.05, 4.69) is 11.9 Å².